The van der Waals surface area contributed by atoms with Gasteiger partial charge in [-0.1, -0.05) is 12.1 Å². The molecule has 0 aliphatic carbocycles. The molecule has 4 heteroatoms. The third-order valence-corrected chi connectivity index (χ3v) is 4.05. The molecule has 1 N–H and O–H groups in total. The lowest BCUT2D eigenvalue weighted by atomic mass is 9.99. The fourth-order valence-corrected chi connectivity index (χ4v) is 2.94. The second-order valence-corrected chi connectivity index (χ2v) is 5.23. The molecule has 0 amide bonds. The van der Waals surface area contributed by atoms with Gasteiger partial charge < -0.3 is 10.1 Å². The minimum absolute atomic E-state index is 0.692. The molecule has 0 bridgehead atoms. The van der Waals surface area contributed by atoms with Crippen LogP contribution in [0.25, 0.3) is 10.9 Å². The van der Waals surface area contributed by atoms with Crippen molar-refractivity contribution in [2.45, 2.75) is 12.8 Å². The first-order valence-corrected chi connectivity index (χ1v) is 6.89. The Hall–Kier alpha value is -1.13. The van der Waals surface area contributed by atoms with Crippen molar-refractivity contribution >= 4 is 22.4 Å². The lowest BCUT2D eigenvalue weighted by molar-refractivity contribution is 0.222. The maximum atomic E-state index is 5.93. The van der Waals surface area contributed by atoms with Crippen molar-refractivity contribution in [3.05, 3.63) is 24.3 Å². The van der Waals surface area contributed by atoms with Crippen LogP contribution in [-0.2, 0) is 0 Å². The number of rotatable bonds is 3. The van der Waals surface area contributed by atoms with Gasteiger partial charge in [0.05, 0.1) is 17.5 Å². The van der Waals surface area contributed by atoms with E-state index in [1.807, 2.05) is 18.2 Å². The molecular weight excluding hydrogens is 232 g/mol. The second kappa shape index (κ2) is 5.02. The number of aromatic nitrogens is 1. The molecule has 0 radical (unpaired) electrons. The fourth-order valence-electron chi connectivity index (χ4n) is 2.21. The van der Waals surface area contributed by atoms with E-state index in [1.165, 1.54) is 24.4 Å². The molecule has 17 heavy (non-hydrogen) atoms. The maximum Gasteiger partial charge on any atom is 0.201 e. The predicted octanol–water partition coefficient (Wildman–Crippen LogP) is 2.67. The van der Waals surface area contributed by atoms with E-state index >= 15 is 0 Å². The Balaban J connectivity index is 1.68. The molecule has 1 aliphatic rings. The summed E-state index contributed by atoms with van der Waals surface area (Å²) in [7, 11) is 0. The number of ether oxygens (including phenoxy) is 1. The van der Waals surface area contributed by atoms with Gasteiger partial charge in [-0.25, -0.2) is 0 Å². The first kappa shape index (κ1) is 11.0. The summed E-state index contributed by atoms with van der Waals surface area (Å²) in [5, 5.41) is 5.49. The Bertz CT molecular complexity index is 491. The van der Waals surface area contributed by atoms with Crippen LogP contribution in [0.4, 0.5) is 0 Å². The molecule has 1 saturated heterocycles. The lowest BCUT2D eigenvalue weighted by Crippen LogP contribution is -2.30. The van der Waals surface area contributed by atoms with Gasteiger partial charge in [0.15, 0.2) is 0 Å². The number of hydrogen-bond acceptors (Lipinski definition) is 4. The van der Waals surface area contributed by atoms with Crippen molar-refractivity contribution < 1.29 is 4.74 Å². The smallest absolute Gasteiger partial charge is 0.201 e. The van der Waals surface area contributed by atoms with E-state index in [4.69, 9.17) is 4.74 Å². The summed E-state index contributed by atoms with van der Waals surface area (Å²) in [4.78, 5) is 0. The highest BCUT2D eigenvalue weighted by Gasteiger charge is 2.15. The van der Waals surface area contributed by atoms with Crippen LogP contribution in [0.2, 0.25) is 0 Å². The quantitative estimate of drug-likeness (QED) is 0.906. The average Bonchev–Trinajstić information content (AvgIpc) is 2.81. The van der Waals surface area contributed by atoms with Crippen LogP contribution in [0.5, 0.6) is 5.06 Å². The number of nitrogens with zero attached hydrogens (tertiary/aromatic N) is 1. The number of benzene rings is 1. The van der Waals surface area contributed by atoms with E-state index in [2.05, 4.69) is 15.8 Å². The predicted molar refractivity (Wildman–Crippen MR) is 70.7 cm³/mol. The van der Waals surface area contributed by atoms with Gasteiger partial charge in [-0.2, -0.15) is 4.37 Å². The van der Waals surface area contributed by atoms with Crippen molar-refractivity contribution in [1.29, 1.82) is 0 Å². The van der Waals surface area contributed by atoms with Crippen LogP contribution in [0, 0.1) is 5.92 Å². The van der Waals surface area contributed by atoms with Crippen LogP contribution >= 0.6 is 11.5 Å². The highest BCUT2D eigenvalue weighted by molar-refractivity contribution is 7.09. The number of piperidine rings is 1. The molecule has 0 atom stereocenters. The summed E-state index contributed by atoms with van der Waals surface area (Å²) in [6.07, 6.45) is 2.44. The van der Waals surface area contributed by atoms with Gasteiger partial charge in [-0.15, -0.1) is 0 Å². The van der Waals surface area contributed by atoms with Gasteiger partial charge in [-0.3, -0.25) is 0 Å². The zero-order chi connectivity index (χ0) is 11.5. The van der Waals surface area contributed by atoms with E-state index < -0.39 is 0 Å². The van der Waals surface area contributed by atoms with Crippen LogP contribution in [-0.4, -0.2) is 24.1 Å². The van der Waals surface area contributed by atoms with E-state index in [0.29, 0.717) is 5.92 Å². The topological polar surface area (TPSA) is 34.1 Å². The lowest BCUT2D eigenvalue weighted by Gasteiger charge is -2.22. The molecule has 90 valence electrons. The minimum atomic E-state index is 0.692. The highest BCUT2D eigenvalue weighted by atomic mass is 32.1. The first-order valence-electron chi connectivity index (χ1n) is 6.11. The zero-order valence-electron chi connectivity index (χ0n) is 9.69. The van der Waals surface area contributed by atoms with Gasteiger partial charge in [0.25, 0.3) is 0 Å². The number of hydrogen-bond donors (Lipinski definition) is 1. The van der Waals surface area contributed by atoms with Crippen molar-refractivity contribution in [2.75, 3.05) is 19.7 Å². The van der Waals surface area contributed by atoms with Crippen molar-refractivity contribution in [3.8, 4) is 5.06 Å². The van der Waals surface area contributed by atoms with Crippen molar-refractivity contribution in [3.63, 3.8) is 0 Å². The summed E-state index contributed by atoms with van der Waals surface area (Å²) in [5.41, 5.74) is 1.04. The molecule has 3 rings (SSSR count). The SMILES string of the molecule is c1ccc2c(OCC3CCNCC3)snc2c1. The van der Waals surface area contributed by atoms with Gasteiger partial charge in [0, 0.05) is 11.5 Å². The largest absolute Gasteiger partial charge is 0.482 e. The van der Waals surface area contributed by atoms with E-state index in [9.17, 15) is 0 Å². The van der Waals surface area contributed by atoms with Crippen molar-refractivity contribution in [1.82, 2.24) is 9.69 Å². The molecule has 1 aliphatic heterocycles. The van der Waals surface area contributed by atoms with E-state index in [-0.39, 0.29) is 0 Å². The maximum absolute atomic E-state index is 5.93. The highest BCUT2D eigenvalue weighted by Crippen LogP contribution is 2.30. The minimum Gasteiger partial charge on any atom is -0.482 e. The third-order valence-electron chi connectivity index (χ3n) is 3.26. The molecule has 0 saturated carbocycles. The molecular formula is C13H16N2OS. The molecule has 1 fully saturated rings. The number of fused-ring (bicyclic) bond motifs is 1. The van der Waals surface area contributed by atoms with Gasteiger partial charge in [0.1, 0.15) is 0 Å². The number of nitrogens with one attached hydrogen (secondary N) is 1. The first-order chi connectivity index (χ1) is 8.43. The molecule has 2 heterocycles. The average molecular weight is 248 g/mol. The Morgan fingerprint density at radius 2 is 2.12 bits per heavy atom. The van der Waals surface area contributed by atoms with Gasteiger partial charge >= 0.3 is 0 Å². The summed E-state index contributed by atoms with van der Waals surface area (Å²) >= 11 is 1.46. The van der Waals surface area contributed by atoms with E-state index in [1.54, 1.807) is 0 Å². The van der Waals surface area contributed by atoms with Crippen molar-refractivity contribution in [2.24, 2.45) is 5.92 Å². The Kier molecular flexibility index (Phi) is 3.25. The molecule has 2 aromatic rings. The van der Waals surface area contributed by atoms with Crippen LogP contribution < -0.4 is 10.1 Å². The molecule has 3 nitrogen and oxygen atoms in total. The second-order valence-electron chi connectivity index (χ2n) is 4.49. The van der Waals surface area contributed by atoms with Crippen LogP contribution in [0.15, 0.2) is 24.3 Å². The summed E-state index contributed by atoms with van der Waals surface area (Å²) in [5.74, 6) is 0.692. The fraction of sp³-hybridized carbons (Fsp3) is 0.462. The zero-order valence-corrected chi connectivity index (χ0v) is 10.5. The summed E-state index contributed by atoms with van der Waals surface area (Å²) < 4.78 is 10.3. The standard InChI is InChI=1S/C13H16N2OS/c1-2-4-12-11(3-1)13(17-15-12)16-9-10-5-7-14-8-6-10/h1-4,10,14H,5-9H2. The monoisotopic (exact) mass is 248 g/mol. The van der Waals surface area contributed by atoms with Crippen LogP contribution in [0.3, 0.4) is 0 Å². The molecule has 1 aromatic carbocycles. The normalized spacial score (nSPS) is 17.4. The molecule has 1 aromatic heterocycles. The van der Waals surface area contributed by atoms with Gasteiger partial charge in [-0.05, 0) is 44.0 Å². The Morgan fingerprint density at radius 3 is 3.00 bits per heavy atom. The molecule has 0 spiro atoms. The third kappa shape index (κ3) is 2.42. The Morgan fingerprint density at radius 1 is 1.29 bits per heavy atom. The molecule has 0 unspecified atom stereocenters. The summed E-state index contributed by atoms with van der Waals surface area (Å²) in [6.45, 7) is 3.07. The Labute approximate surface area is 105 Å². The summed E-state index contributed by atoms with van der Waals surface area (Å²) in [6, 6.07) is 8.16. The van der Waals surface area contributed by atoms with Gasteiger partial charge in [0.2, 0.25) is 5.06 Å². The van der Waals surface area contributed by atoms with Crippen LogP contribution in [0.1, 0.15) is 12.8 Å². The van der Waals surface area contributed by atoms with E-state index in [0.717, 1.165) is 35.7 Å².